The molecule has 0 unspecified atom stereocenters. The van der Waals surface area contributed by atoms with Crippen molar-refractivity contribution in [1.29, 1.82) is 0 Å². The maximum Gasteiger partial charge on any atom is 0.259 e. The number of halogens is 1. The molecule has 2 aliphatic rings. The molecular formula is C26H20ClN7O2. The average molecular weight is 498 g/mol. The normalized spacial score (nSPS) is 14.8. The van der Waals surface area contributed by atoms with E-state index >= 15 is 0 Å². The van der Waals surface area contributed by atoms with Gasteiger partial charge in [-0.2, -0.15) is 5.10 Å². The van der Waals surface area contributed by atoms with Crippen LogP contribution < -0.4 is 16.4 Å². The van der Waals surface area contributed by atoms with Crippen LogP contribution in [0.1, 0.15) is 45.2 Å². The average Bonchev–Trinajstić information content (AvgIpc) is 3.53. The zero-order chi connectivity index (χ0) is 24.8. The lowest BCUT2D eigenvalue weighted by molar-refractivity contribution is 0.102. The van der Waals surface area contributed by atoms with Crippen molar-refractivity contribution >= 4 is 57.6 Å². The second-order valence-electron chi connectivity index (χ2n) is 8.59. The van der Waals surface area contributed by atoms with Crippen LogP contribution in [0, 0.1) is 0 Å². The molecule has 1 aliphatic heterocycles. The van der Waals surface area contributed by atoms with E-state index in [-0.39, 0.29) is 17.7 Å². The van der Waals surface area contributed by atoms with Gasteiger partial charge < -0.3 is 16.4 Å². The first kappa shape index (κ1) is 22.0. The maximum atomic E-state index is 13.3. The molecular weight excluding hydrogens is 478 g/mol. The molecule has 2 aromatic heterocycles. The number of nitrogens with two attached hydrogens (primary N) is 1. The number of benzene rings is 2. The van der Waals surface area contributed by atoms with Gasteiger partial charge in [-0.25, -0.2) is 9.67 Å². The minimum Gasteiger partial charge on any atom is -0.405 e. The Bertz CT molecular complexity index is 1620. The topological polar surface area (TPSA) is 127 Å². The van der Waals surface area contributed by atoms with Gasteiger partial charge in [-0.3, -0.25) is 14.6 Å². The summed E-state index contributed by atoms with van der Waals surface area (Å²) in [6, 6.07) is 10.7. The van der Waals surface area contributed by atoms with Crippen molar-refractivity contribution < 1.29 is 9.59 Å². The van der Waals surface area contributed by atoms with Crippen molar-refractivity contribution in [3.8, 4) is 5.69 Å². The van der Waals surface area contributed by atoms with E-state index < -0.39 is 0 Å². The first-order valence-electron chi connectivity index (χ1n) is 11.4. The Balaban J connectivity index is 1.35. The fourth-order valence-corrected chi connectivity index (χ4v) is 4.67. The van der Waals surface area contributed by atoms with Crippen molar-refractivity contribution in [1.82, 2.24) is 14.8 Å². The molecule has 2 aromatic carbocycles. The number of nitrogens with one attached hydrogen (secondary N) is 2. The largest absolute Gasteiger partial charge is 0.405 e. The van der Waals surface area contributed by atoms with Gasteiger partial charge in [-0.1, -0.05) is 23.7 Å². The van der Waals surface area contributed by atoms with Crippen LogP contribution in [-0.4, -0.2) is 32.8 Å². The monoisotopic (exact) mass is 497 g/mol. The van der Waals surface area contributed by atoms with Crippen molar-refractivity contribution in [2.75, 3.05) is 10.6 Å². The zero-order valence-corrected chi connectivity index (χ0v) is 19.7. The van der Waals surface area contributed by atoms with Crippen LogP contribution in [0.4, 0.5) is 17.2 Å². The maximum absolute atomic E-state index is 13.3. The number of hydrogen-bond donors (Lipinski definition) is 3. The highest BCUT2D eigenvalue weighted by Gasteiger charge is 2.34. The molecule has 4 aromatic rings. The lowest BCUT2D eigenvalue weighted by Crippen LogP contribution is -2.14. The van der Waals surface area contributed by atoms with E-state index in [1.165, 1.54) is 12.4 Å². The molecule has 0 spiro atoms. The molecule has 6 rings (SSSR count). The lowest BCUT2D eigenvalue weighted by atomic mass is 10.1. The second kappa shape index (κ2) is 8.62. The molecule has 4 N–H and O–H groups in total. The van der Waals surface area contributed by atoms with Gasteiger partial charge in [-0.05, 0) is 49.4 Å². The first-order chi connectivity index (χ1) is 17.5. The molecule has 0 atom stereocenters. The third-order valence-electron chi connectivity index (χ3n) is 6.23. The van der Waals surface area contributed by atoms with E-state index in [2.05, 4.69) is 25.7 Å². The number of allylic oxidation sites excluding steroid dienone is 1. The summed E-state index contributed by atoms with van der Waals surface area (Å²) in [6.07, 6.45) is 9.71. The molecule has 1 fully saturated rings. The summed E-state index contributed by atoms with van der Waals surface area (Å²) in [7, 11) is 0. The summed E-state index contributed by atoms with van der Waals surface area (Å²) in [6.45, 7) is 0. The summed E-state index contributed by atoms with van der Waals surface area (Å²) < 4.78 is 1.78. The van der Waals surface area contributed by atoms with Crippen LogP contribution in [0.2, 0.25) is 5.02 Å². The van der Waals surface area contributed by atoms with Crippen molar-refractivity contribution in [2.24, 2.45) is 10.7 Å². The van der Waals surface area contributed by atoms with Crippen LogP contribution in [0.15, 0.2) is 66.1 Å². The number of carbonyl (C=O) groups is 2. The van der Waals surface area contributed by atoms with Gasteiger partial charge in [0.05, 0.1) is 45.6 Å². The third-order valence-corrected chi connectivity index (χ3v) is 6.53. The van der Waals surface area contributed by atoms with E-state index in [0.717, 1.165) is 35.0 Å². The summed E-state index contributed by atoms with van der Waals surface area (Å²) >= 11 is 6.34. The van der Waals surface area contributed by atoms with Crippen molar-refractivity contribution in [3.05, 3.63) is 82.9 Å². The van der Waals surface area contributed by atoms with Crippen LogP contribution >= 0.6 is 11.6 Å². The Labute approximate surface area is 210 Å². The Morgan fingerprint density at radius 1 is 1.25 bits per heavy atom. The molecule has 0 radical (unpaired) electrons. The van der Waals surface area contributed by atoms with Gasteiger partial charge in [-0.15, -0.1) is 0 Å². The number of carbonyl (C=O) groups excluding carboxylic acids is 2. The highest BCUT2D eigenvalue weighted by Crippen LogP contribution is 2.44. The molecule has 1 saturated carbocycles. The standard InChI is InChI=1S/C26H20ClN7O2/c27-19-11-15(7-8-20(19)29-10-2-9-28)32-26(36)18-12-31-34(23(18)14-5-6-14)21-13-30-24-22-16(21)3-1-4-17(22)25(35)33-24/h1-4,7-14H,5-6,28H2,(H,32,36)(H,30,33,35). The SMILES string of the molecule is NC=CC=Nc1ccc(NC(=O)c2cnn(-c3cnc4c5c(cccc35)C(=O)N4)c2C2CC2)cc1Cl. The Morgan fingerprint density at radius 3 is 2.89 bits per heavy atom. The Kier molecular flexibility index (Phi) is 5.26. The minimum atomic E-state index is -0.280. The van der Waals surface area contributed by atoms with Gasteiger partial charge in [0, 0.05) is 28.6 Å². The van der Waals surface area contributed by atoms with Gasteiger partial charge in [0.25, 0.3) is 11.8 Å². The molecule has 36 heavy (non-hydrogen) atoms. The lowest BCUT2D eigenvalue weighted by Gasteiger charge is -2.12. The molecule has 3 heterocycles. The van der Waals surface area contributed by atoms with Crippen LogP contribution in [0.3, 0.4) is 0 Å². The Morgan fingerprint density at radius 2 is 2.11 bits per heavy atom. The first-order valence-corrected chi connectivity index (χ1v) is 11.8. The van der Waals surface area contributed by atoms with Gasteiger partial charge >= 0.3 is 0 Å². The van der Waals surface area contributed by atoms with E-state index in [1.54, 1.807) is 47.4 Å². The van der Waals surface area contributed by atoms with Gasteiger partial charge in [0.15, 0.2) is 0 Å². The number of hydrogen-bond acceptors (Lipinski definition) is 6. The number of pyridine rings is 1. The number of aromatic nitrogens is 3. The fraction of sp³-hybridized carbons (Fsp3) is 0.115. The highest BCUT2D eigenvalue weighted by atomic mass is 35.5. The summed E-state index contributed by atoms with van der Waals surface area (Å²) in [5.41, 5.74) is 9.04. The van der Waals surface area contributed by atoms with Crippen molar-refractivity contribution in [3.63, 3.8) is 0 Å². The predicted octanol–water partition coefficient (Wildman–Crippen LogP) is 4.94. The van der Waals surface area contributed by atoms with Crippen LogP contribution in [-0.2, 0) is 0 Å². The van der Waals surface area contributed by atoms with E-state index in [9.17, 15) is 9.59 Å². The number of anilines is 2. The molecule has 9 nitrogen and oxygen atoms in total. The second-order valence-corrected chi connectivity index (χ2v) is 8.99. The number of nitrogens with zero attached hydrogens (tertiary/aromatic N) is 4. The minimum absolute atomic E-state index is 0.172. The fourth-order valence-electron chi connectivity index (χ4n) is 4.44. The van der Waals surface area contributed by atoms with Crippen LogP contribution in [0.25, 0.3) is 16.5 Å². The van der Waals surface area contributed by atoms with E-state index in [0.29, 0.717) is 33.3 Å². The van der Waals surface area contributed by atoms with E-state index in [1.807, 2.05) is 12.1 Å². The quantitative estimate of drug-likeness (QED) is 0.325. The molecule has 10 heteroatoms. The van der Waals surface area contributed by atoms with Gasteiger partial charge in [0.1, 0.15) is 5.82 Å². The van der Waals surface area contributed by atoms with Crippen LogP contribution in [0.5, 0.6) is 0 Å². The smallest absolute Gasteiger partial charge is 0.259 e. The van der Waals surface area contributed by atoms with E-state index in [4.69, 9.17) is 17.3 Å². The molecule has 0 bridgehead atoms. The number of rotatable bonds is 6. The summed E-state index contributed by atoms with van der Waals surface area (Å²) in [5, 5.41) is 12.3. The number of aliphatic imine (C=N–C) groups is 1. The molecule has 178 valence electrons. The highest BCUT2D eigenvalue weighted by molar-refractivity contribution is 6.33. The third kappa shape index (κ3) is 3.70. The molecule has 0 saturated heterocycles. The summed E-state index contributed by atoms with van der Waals surface area (Å²) in [4.78, 5) is 34.3. The zero-order valence-electron chi connectivity index (χ0n) is 18.9. The number of amides is 2. The predicted molar refractivity (Wildman–Crippen MR) is 140 cm³/mol. The summed E-state index contributed by atoms with van der Waals surface area (Å²) in [5.74, 6) is 0.301. The van der Waals surface area contributed by atoms with Gasteiger partial charge in [0.2, 0.25) is 0 Å². The molecule has 1 aliphatic carbocycles. The molecule has 2 amide bonds. The Hall–Kier alpha value is -4.50. The van der Waals surface area contributed by atoms with Crippen molar-refractivity contribution in [2.45, 2.75) is 18.8 Å².